The lowest BCUT2D eigenvalue weighted by Crippen LogP contribution is -2.32. The molecular formula is C13H15NO3. The highest BCUT2D eigenvalue weighted by Gasteiger charge is 2.57. The number of nitrogens with one attached hydrogen (secondary N) is 1. The summed E-state index contributed by atoms with van der Waals surface area (Å²) >= 11 is 0. The number of esters is 1. The molecule has 4 heteroatoms. The van der Waals surface area contributed by atoms with E-state index in [1.54, 1.807) is 0 Å². The molecule has 0 spiro atoms. The maximum absolute atomic E-state index is 12.0. The smallest absolute Gasteiger partial charge is 0.321 e. The van der Waals surface area contributed by atoms with Crippen molar-refractivity contribution < 1.29 is 14.3 Å². The number of ether oxygens (including phenoxy) is 1. The van der Waals surface area contributed by atoms with E-state index in [-0.39, 0.29) is 5.91 Å². The molecule has 1 aliphatic carbocycles. The van der Waals surface area contributed by atoms with E-state index in [9.17, 15) is 9.59 Å². The summed E-state index contributed by atoms with van der Waals surface area (Å²) in [6, 6.07) is 7.46. The lowest BCUT2D eigenvalue weighted by molar-refractivity contribution is -0.150. The van der Waals surface area contributed by atoms with Gasteiger partial charge in [-0.15, -0.1) is 0 Å². The van der Waals surface area contributed by atoms with Crippen molar-refractivity contribution in [3.63, 3.8) is 0 Å². The fourth-order valence-electron chi connectivity index (χ4n) is 1.73. The topological polar surface area (TPSA) is 55.4 Å². The minimum Gasteiger partial charge on any atom is -0.468 e. The standard InChI is InChI=1S/C13H15NO3/c1-9-3-5-10(6-4-9)14-11(15)13(7-8-13)12(16)17-2/h3-6H,7-8H2,1-2H3,(H,14,15). The first-order chi connectivity index (χ1) is 8.08. The van der Waals surface area contributed by atoms with Gasteiger partial charge < -0.3 is 10.1 Å². The summed E-state index contributed by atoms with van der Waals surface area (Å²) in [5.41, 5.74) is 0.882. The van der Waals surface area contributed by atoms with Crippen molar-refractivity contribution in [3.05, 3.63) is 29.8 Å². The molecule has 2 rings (SSSR count). The molecule has 1 saturated carbocycles. The Balaban J connectivity index is 2.07. The van der Waals surface area contributed by atoms with E-state index in [1.165, 1.54) is 7.11 Å². The molecule has 0 aliphatic heterocycles. The van der Waals surface area contributed by atoms with Crippen molar-refractivity contribution >= 4 is 17.6 Å². The SMILES string of the molecule is COC(=O)C1(C(=O)Nc2ccc(C)cc2)CC1. The van der Waals surface area contributed by atoms with E-state index >= 15 is 0 Å². The number of rotatable bonds is 3. The summed E-state index contributed by atoms with van der Waals surface area (Å²) in [6.45, 7) is 1.97. The molecule has 0 heterocycles. The number of carbonyl (C=O) groups is 2. The Morgan fingerprint density at radius 2 is 1.82 bits per heavy atom. The molecule has 1 aliphatic rings. The third-order valence-corrected chi connectivity index (χ3v) is 3.07. The predicted molar refractivity (Wildman–Crippen MR) is 63.5 cm³/mol. The normalized spacial score (nSPS) is 16.1. The lowest BCUT2D eigenvalue weighted by atomic mass is 10.1. The molecule has 0 unspecified atom stereocenters. The average molecular weight is 233 g/mol. The van der Waals surface area contributed by atoms with Crippen LogP contribution in [-0.2, 0) is 14.3 Å². The fourth-order valence-corrected chi connectivity index (χ4v) is 1.73. The Hall–Kier alpha value is -1.84. The molecule has 1 fully saturated rings. The molecule has 0 radical (unpaired) electrons. The summed E-state index contributed by atoms with van der Waals surface area (Å²) in [4.78, 5) is 23.5. The van der Waals surface area contributed by atoms with Crippen LogP contribution in [0, 0.1) is 12.3 Å². The molecule has 0 bridgehead atoms. The molecule has 1 amide bonds. The van der Waals surface area contributed by atoms with Crippen molar-refractivity contribution in [1.29, 1.82) is 0 Å². The number of hydrogen-bond acceptors (Lipinski definition) is 3. The third-order valence-electron chi connectivity index (χ3n) is 3.07. The van der Waals surface area contributed by atoms with Gasteiger partial charge in [-0.25, -0.2) is 0 Å². The van der Waals surface area contributed by atoms with Gasteiger partial charge in [0.25, 0.3) is 0 Å². The zero-order valence-corrected chi connectivity index (χ0v) is 9.95. The number of aryl methyl sites for hydroxylation is 1. The molecule has 0 atom stereocenters. The summed E-state index contributed by atoms with van der Waals surface area (Å²) in [5.74, 6) is -0.713. The predicted octanol–water partition coefficient (Wildman–Crippen LogP) is 1.89. The van der Waals surface area contributed by atoms with Crippen LogP contribution < -0.4 is 5.32 Å². The van der Waals surface area contributed by atoms with Crippen LogP contribution in [-0.4, -0.2) is 19.0 Å². The first-order valence-electron chi connectivity index (χ1n) is 5.55. The van der Waals surface area contributed by atoms with Crippen molar-refractivity contribution in [1.82, 2.24) is 0 Å². The van der Waals surface area contributed by atoms with Gasteiger partial charge in [0.15, 0.2) is 0 Å². The fraction of sp³-hybridized carbons (Fsp3) is 0.385. The van der Waals surface area contributed by atoms with E-state index in [4.69, 9.17) is 0 Å². The van der Waals surface area contributed by atoms with Crippen LogP contribution in [0.15, 0.2) is 24.3 Å². The van der Waals surface area contributed by atoms with Crippen LogP contribution in [0.4, 0.5) is 5.69 Å². The van der Waals surface area contributed by atoms with Gasteiger partial charge >= 0.3 is 5.97 Å². The van der Waals surface area contributed by atoms with Crippen LogP contribution in [0.3, 0.4) is 0 Å². The van der Waals surface area contributed by atoms with Gasteiger partial charge in [0.2, 0.25) is 5.91 Å². The third kappa shape index (κ3) is 2.16. The summed E-state index contributed by atoms with van der Waals surface area (Å²) in [7, 11) is 1.31. The summed E-state index contributed by atoms with van der Waals surface area (Å²) in [5, 5.41) is 2.75. The highest BCUT2D eigenvalue weighted by atomic mass is 16.5. The van der Waals surface area contributed by atoms with E-state index in [0.717, 1.165) is 5.56 Å². The van der Waals surface area contributed by atoms with Crippen LogP contribution in [0.2, 0.25) is 0 Å². The largest absolute Gasteiger partial charge is 0.468 e. The van der Waals surface area contributed by atoms with Crippen LogP contribution in [0.25, 0.3) is 0 Å². The molecule has 0 aromatic heterocycles. The van der Waals surface area contributed by atoms with Crippen LogP contribution >= 0.6 is 0 Å². The monoisotopic (exact) mass is 233 g/mol. The van der Waals surface area contributed by atoms with Crippen molar-refractivity contribution in [2.24, 2.45) is 5.41 Å². The van der Waals surface area contributed by atoms with Crippen LogP contribution in [0.5, 0.6) is 0 Å². The van der Waals surface area contributed by atoms with Gasteiger partial charge in [-0.2, -0.15) is 0 Å². The average Bonchev–Trinajstić information content (AvgIpc) is 3.12. The Morgan fingerprint density at radius 1 is 1.24 bits per heavy atom. The molecule has 1 aromatic rings. The van der Waals surface area contributed by atoms with Crippen molar-refractivity contribution in [2.75, 3.05) is 12.4 Å². The van der Waals surface area contributed by atoms with Gasteiger partial charge in [0, 0.05) is 5.69 Å². The highest BCUT2D eigenvalue weighted by Crippen LogP contribution is 2.47. The maximum Gasteiger partial charge on any atom is 0.321 e. The first-order valence-corrected chi connectivity index (χ1v) is 5.55. The van der Waals surface area contributed by atoms with Gasteiger partial charge in [0.05, 0.1) is 7.11 Å². The summed E-state index contributed by atoms with van der Waals surface area (Å²) < 4.78 is 4.66. The van der Waals surface area contributed by atoms with Crippen molar-refractivity contribution in [3.8, 4) is 0 Å². The Labute approximate surface area is 100.0 Å². The van der Waals surface area contributed by atoms with E-state index in [1.807, 2.05) is 31.2 Å². The summed E-state index contributed by atoms with van der Waals surface area (Å²) in [6.07, 6.45) is 1.13. The second kappa shape index (κ2) is 4.20. The second-order valence-corrected chi connectivity index (χ2v) is 4.39. The highest BCUT2D eigenvalue weighted by molar-refractivity contribution is 6.11. The molecule has 0 saturated heterocycles. The number of methoxy groups -OCH3 is 1. The van der Waals surface area contributed by atoms with E-state index in [2.05, 4.69) is 10.1 Å². The molecule has 17 heavy (non-hydrogen) atoms. The van der Waals surface area contributed by atoms with E-state index in [0.29, 0.717) is 18.5 Å². The molecule has 90 valence electrons. The van der Waals surface area contributed by atoms with E-state index < -0.39 is 11.4 Å². The number of anilines is 1. The molecular weight excluding hydrogens is 218 g/mol. The number of amides is 1. The maximum atomic E-state index is 12.0. The second-order valence-electron chi connectivity index (χ2n) is 4.39. The lowest BCUT2D eigenvalue weighted by Gasteiger charge is -2.12. The minimum atomic E-state index is -0.945. The van der Waals surface area contributed by atoms with Gasteiger partial charge in [-0.3, -0.25) is 9.59 Å². The number of carbonyl (C=O) groups excluding carboxylic acids is 2. The molecule has 1 N–H and O–H groups in total. The van der Waals surface area contributed by atoms with Gasteiger partial charge in [0.1, 0.15) is 5.41 Å². The zero-order chi connectivity index (χ0) is 12.5. The van der Waals surface area contributed by atoms with Crippen LogP contribution in [0.1, 0.15) is 18.4 Å². The zero-order valence-electron chi connectivity index (χ0n) is 9.95. The molecule has 4 nitrogen and oxygen atoms in total. The van der Waals surface area contributed by atoms with Gasteiger partial charge in [-0.05, 0) is 31.9 Å². The van der Waals surface area contributed by atoms with Gasteiger partial charge in [-0.1, -0.05) is 17.7 Å². The quantitative estimate of drug-likeness (QED) is 0.640. The Morgan fingerprint density at radius 3 is 2.29 bits per heavy atom. The Bertz CT molecular complexity index is 446. The molecule has 1 aromatic carbocycles. The van der Waals surface area contributed by atoms with Crippen molar-refractivity contribution in [2.45, 2.75) is 19.8 Å². The number of hydrogen-bond donors (Lipinski definition) is 1. The number of benzene rings is 1. The minimum absolute atomic E-state index is 0.270. The Kier molecular flexibility index (Phi) is 2.88. The first kappa shape index (κ1) is 11.6.